The third-order valence-electron chi connectivity index (χ3n) is 4.13. The summed E-state index contributed by atoms with van der Waals surface area (Å²) in [6, 6.07) is 12.2. The maximum absolute atomic E-state index is 12.3. The van der Waals surface area contributed by atoms with Crippen molar-refractivity contribution in [2.75, 3.05) is 17.7 Å². The number of carbonyl (C=O) groups is 1. The van der Waals surface area contributed by atoms with E-state index in [9.17, 15) is 4.79 Å². The average molecular weight is 374 g/mol. The molecule has 0 aliphatic heterocycles. The summed E-state index contributed by atoms with van der Waals surface area (Å²) in [5.74, 6) is 0.668. The SMILES string of the molecule is COc1cccc(NC(=O)Nc2ccc3ncc(-c4cnn(C)c4)nc3c2)c1. The van der Waals surface area contributed by atoms with Gasteiger partial charge in [-0.15, -0.1) is 0 Å². The molecule has 8 nitrogen and oxygen atoms in total. The normalized spacial score (nSPS) is 10.6. The van der Waals surface area contributed by atoms with Crippen LogP contribution in [-0.4, -0.2) is 32.9 Å². The van der Waals surface area contributed by atoms with Crippen molar-refractivity contribution in [2.45, 2.75) is 0 Å². The van der Waals surface area contributed by atoms with E-state index in [0.717, 1.165) is 16.8 Å². The molecule has 2 heterocycles. The number of aryl methyl sites for hydroxylation is 1. The van der Waals surface area contributed by atoms with E-state index >= 15 is 0 Å². The molecule has 140 valence electrons. The molecule has 28 heavy (non-hydrogen) atoms. The van der Waals surface area contributed by atoms with Crippen LogP contribution >= 0.6 is 0 Å². The molecule has 0 atom stereocenters. The van der Waals surface area contributed by atoms with Crippen LogP contribution in [0.1, 0.15) is 0 Å². The Morgan fingerprint density at radius 1 is 1.04 bits per heavy atom. The summed E-state index contributed by atoms with van der Waals surface area (Å²) >= 11 is 0. The van der Waals surface area contributed by atoms with Crippen LogP contribution in [0.4, 0.5) is 16.2 Å². The molecule has 2 aromatic carbocycles. The number of amides is 2. The Morgan fingerprint density at radius 2 is 1.86 bits per heavy atom. The summed E-state index contributed by atoms with van der Waals surface area (Å²) in [7, 11) is 3.43. The molecule has 0 aliphatic rings. The summed E-state index contributed by atoms with van der Waals surface area (Å²) in [6.07, 6.45) is 5.32. The van der Waals surface area contributed by atoms with Crippen LogP contribution in [0.15, 0.2) is 61.1 Å². The number of nitrogens with one attached hydrogen (secondary N) is 2. The number of ether oxygens (including phenoxy) is 1. The number of benzene rings is 2. The van der Waals surface area contributed by atoms with Crippen molar-refractivity contribution >= 4 is 28.4 Å². The van der Waals surface area contributed by atoms with Gasteiger partial charge >= 0.3 is 6.03 Å². The van der Waals surface area contributed by atoms with Crippen molar-refractivity contribution in [3.63, 3.8) is 0 Å². The molecular weight excluding hydrogens is 356 g/mol. The minimum Gasteiger partial charge on any atom is -0.497 e. The third kappa shape index (κ3) is 3.75. The molecule has 0 radical (unpaired) electrons. The Morgan fingerprint density at radius 3 is 2.61 bits per heavy atom. The van der Waals surface area contributed by atoms with Crippen LogP contribution in [-0.2, 0) is 7.05 Å². The summed E-state index contributed by atoms with van der Waals surface area (Å²) in [5, 5.41) is 9.74. The molecule has 2 amide bonds. The van der Waals surface area contributed by atoms with Gasteiger partial charge < -0.3 is 15.4 Å². The number of methoxy groups -OCH3 is 1. The molecule has 0 bridgehead atoms. The van der Waals surface area contributed by atoms with E-state index in [2.05, 4.69) is 25.7 Å². The first-order chi connectivity index (χ1) is 13.6. The Bertz CT molecular complexity index is 1150. The van der Waals surface area contributed by atoms with Gasteiger partial charge in [0.1, 0.15) is 5.75 Å². The summed E-state index contributed by atoms with van der Waals surface area (Å²) < 4.78 is 6.87. The van der Waals surface area contributed by atoms with Gasteiger partial charge in [-0.05, 0) is 30.3 Å². The predicted molar refractivity (Wildman–Crippen MR) is 107 cm³/mol. The van der Waals surface area contributed by atoms with Gasteiger partial charge in [-0.3, -0.25) is 9.67 Å². The fourth-order valence-electron chi connectivity index (χ4n) is 2.78. The van der Waals surface area contributed by atoms with Gasteiger partial charge in [0.2, 0.25) is 0 Å². The van der Waals surface area contributed by atoms with Crippen molar-refractivity contribution in [3.8, 4) is 17.0 Å². The predicted octanol–water partition coefficient (Wildman–Crippen LogP) is 3.68. The number of carbonyl (C=O) groups excluding carboxylic acids is 1. The topological polar surface area (TPSA) is 94.0 Å². The molecule has 0 saturated carbocycles. The fraction of sp³-hybridized carbons (Fsp3) is 0.100. The fourth-order valence-corrected chi connectivity index (χ4v) is 2.78. The van der Waals surface area contributed by atoms with Crippen molar-refractivity contribution < 1.29 is 9.53 Å². The first-order valence-electron chi connectivity index (χ1n) is 8.58. The Hall–Kier alpha value is -3.94. The van der Waals surface area contributed by atoms with Gasteiger partial charge in [0.15, 0.2) is 0 Å². The summed E-state index contributed by atoms with van der Waals surface area (Å²) in [6.45, 7) is 0. The Kier molecular flexibility index (Phi) is 4.59. The number of hydrogen-bond acceptors (Lipinski definition) is 5. The lowest BCUT2D eigenvalue weighted by Crippen LogP contribution is -2.19. The Balaban J connectivity index is 1.54. The lowest BCUT2D eigenvalue weighted by atomic mass is 10.2. The first kappa shape index (κ1) is 17.5. The zero-order valence-corrected chi connectivity index (χ0v) is 15.4. The number of aromatic nitrogens is 4. The molecule has 4 rings (SSSR count). The van der Waals surface area contributed by atoms with Gasteiger partial charge in [0, 0.05) is 36.2 Å². The van der Waals surface area contributed by atoms with Crippen LogP contribution in [0.25, 0.3) is 22.3 Å². The van der Waals surface area contributed by atoms with E-state index in [1.807, 2.05) is 25.4 Å². The van der Waals surface area contributed by atoms with E-state index in [1.54, 1.807) is 54.5 Å². The number of hydrogen-bond donors (Lipinski definition) is 2. The van der Waals surface area contributed by atoms with E-state index < -0.39 is 0 Å². The van der Waals surface area contributed by atoms with E-state index in [1.165, 1.54) is 0 Å². The maximum Gasteiger partial charge on any atom is 0.323 e. The largest absolute Gasteiger partial charge is 0.497 e. The third-order valence-corrected chi connectivity index (χ3v) is 4.13. The highest BCUT2D eigenvalue weighted by Gasteiger charge is 2.08. The van der Waals surface area contributed by atoms with Gasteiger partial charge in [-0.2, -0.15) is 5.10 Å². The minimum absolute atomic E-state index is 0.357. The second-order valence-corrected chi connectivity index (χ2v) is 6.17. The number of rotatable bonds is 4. The van der Waals surface area contributed by atoms with Gasteiger partial charge in [0.25, 0.3) is 0 Å². The van der Waals surface area contributed by atoms with Crippen LogP contribution in [0.3, 0.4) is 0 Å². The van der Waals surface area contributed by atoms with Crippen LogP contribution in [0.5, 0.6) is 5.75 Å². The standard InChI is InChI=1S/C20H18N6O2/c1-26-12-13(10-22-26)19-11-21-17-7-6-15(9-18(17)25-19)24-20(27)23-14-4-3-5-16(8-14)28-2/h3-12H,1-2H3,(H2,23,24,27). The highest BCUT2D eigenvalue weighted by Crippen LogP contribution is 2.21. The van der Waals surface area contributed by atoms with Crippen molar-refractivity contribution in [2.24, 2.45) is 7.05 Å². The van der Waals surface area contributed by atoms with Crippen LogP contribution < -0.4 is 15.4 Å². The van der Waals surface area contributed by atoms with Gasteiger partial charge in [0.05, 0.1) is 36.2 Å². The molecule has 0 spiro atoms. The minimum atomic E-state index is -0.357. The average Bonchev–Trinajstić information content (AvgIpc) is 3.14. The van der Waals surface area contributed by atoms with Crippen molar-refractivity contribution in [1.82, 2.24) is 19.7 Å². The lowest BCUT2D eigenvalue weighted by molar-refractivity contribution is 0.262. The van der Waals surface area contributed by atoms with E-state index in [-0.39, 0.29) is 6.03 Å². The highest BCUT2D eigenvalue weighted by atomic mass is 16.5. The van der Waals surface area contributed by atoms with Gasteiger partial charge in [-0.25, -0.2) is 9.78 Å². The smallest absolute Gasteiger partial charge is 0.323 e. The zero-order valence-electron chi connectivity index (χ0n) is 15.4. The first-order valence-corrected chi connectivity index (χ1v) is 8.58. The monoisotopic (exact) mass is 374 g/mol. The summed E-state index contributed by atoms with van der Waals surface area (Å²) in [5.41, 5.74) is 4.28. The number of urea groups is 1. The van der Waals surface area contributed by atoms with Crippen molar-refractivity contribution in [3.05, 3.63) is 61.1 Å². The molecule has 2 N–H and O–H groups in total. The van der Waals surface area contributed by atoms with Crippen molar-refractivity contribution in [1.29, 1.82) is 0 Å². The van der Waals surface area contributed by atoms with Crippen LogP contribution in [0, 0.1) is 0 Å². The molecule has 0 saturated heterocycles. The number of nitrogens with zero attached hydrogens (tertiary/aromatic N) is 4. The van der Waals surface area contributed by atoms with Gasteiger partial charge in [-0.1, -0.05) is 6.07 Å². The maximum atomic E-state index is 12.3. The molecule has 2 aromatic heterocycles. The highest BCUT2D eigenvalue weighted by molar-refractivity contribution is 6.00. The second-order valence-electron chi connectivity index (χ2n) is 6.17. The van der Waals surface area contributed by atoms with Crippen LogP contribution in [0.2, 0.25) is 0 Å². The second kappa shape index (κ2) is 7.36. The molecule has 0 aliphatic carbocycles. The van der Waals surface area contributed by atoms with E-state index in [4.69, 9.17) is 4.74 Å². The lowest BCUT2D eigenvalue weighted by Gasteiger charge is -2.09. The summed E-state index contributed by atoms with van der Waals surface area (Å²) in [4.78, 5) is 21.4. The van der Waals surface area contributed by atoms with E-state index in [0.29, 0.717) is 22.6 Å². The number of anilines is 2. The Labute approximate surface area is 161 Å². The number of fused-ring (bicyclic) bond motifs is 1. The quantitative estimate of drug-likeness (QED) is 0.568. The molecule has 0 unspecified atom stereocenters. The zero-order chi connectivity index (χ0) is 19.5. The molecule has 8 heteroatoms. The molecular formula is C20H18N6O2. The molecule has 4 aromatic rings. The molecule has 0 fully saturated rings.